The van der Waals surface area contributed by atoms with Crippen LogP contribution < -0.4 is 11.1 Å². The lowest BCUT2D eigenvalue weighted by molar-refractivity contribution is -0.123. The van der Waals surface area contributed by atoms with Crippen molar-refractivity contribution >= 4 is 11.9 Å². The van der Waals surface area contributed by atoms with E-state index in [1.54, 1.807) is 0 Å². The summed E-state index contributed by atoms with van der Waals surface area (Å²) in [6, 6.07) is 0.00810. The van der Waals surface area contributed by atoms with Crippen LogP contribution in [0.15, 0.2) is 4.99 Å². The SMILES string of the molecule is C[C@@H]1C(=O)NC(N)=N[C@@H]1C. The van der Waals surface area contributed by atoms with Crippen LogP contribution in [0.4, 0.5) is 0 Å². The molecule has 0 saturated heterocycles. The van der Waals surface area contributed by atoms with E-state index < -0.39 is 0 Å². The topological polar surface area (TPSA) is 67.5 Å². The molecule has 0 unspecified atom stereocenters. The van der Waals surface area contributed by atoms with Gasteiger partial charge in [0.25, 0.3) is 0 Å². The van der Waals surface area contributed by atoms with E-state index in [1.165, 1.54) is 0 Å². The minimum atomic E-state index is -0.0627. The first-order valence-corrected chi connectivity index (χ1v) is 3.25. The Balaban J connectivity index is 2.79. The van der Waals surface area contributed by atoms with Gasteiger partial charge in [-0.25, -0.2) is 4.99 Å². The monoisotopic (exact) mass is 141 g/mol. The van der Waals surface area contributed by atoms with E-state index in [9.17, 15) is 4.79 Å². The fraction of sp³-hybridized carbons (Fsp3) is 0.667. The summed E-state index contributed by atoms with van der Waals surface area (Å²) in [7, 11) is 0. The van der Waals surface area contributed by atoms with Gasteiger partial charge in [-0.15, -0.1) is 0 Å². The van der Waals surface area contributed by atoms with Crippen molar-refractivity contribution in [3.05, 3.63) is 0 Å². The number of rotatable bonds is 0. The highest BCUT2D eigenvalue weighted by atomic mass is 16.2. The standard InChI is InChI=1S/C6H11N3O/c1-3-4(2)8-6(7)9-5(3)10/h3-4H,1-2H3,(H3,7,8,9,10)/t3-,4+/m0/s1. The average molecular weight is 141 g/mol. The first-order chi connectivity index (χ1) is 4.61. The number of nitrogens with one attached hydrogen (secondary N) is 1. The van der Waals surface area contributed by atoms with Crippen LogP contribution in [0.2, 0.25) is 0 Å². The lowest BCUT2D eigenvalue weighted by atomic mass is 10.0. The van der Waals surface area contributed by atoms with Crippen LogP contribution in [0.1, 0.15) is 13.8 Å². The second kappa shape index (κ2) is 2.28. The summed E-state index contributed by atoms with van der Waals surface area (Å²) in [5.41, 5.74) is 5.30. The Morgan fingerprint density at radius 1 is 1.60 bits per heavy atom. The number of hydrogen-bond donors (Lipinski definition) is 2. The minimum Gasteiger partial charge on any atom is -0.370 e. The molecule has 0 radical (unpaired) electrons. The van der Waals surface area contributed by atoms with Gasteiger partial charge in [-0.2, -0.15) is 0 Å². The number of carbonyl (C=O) groups is 1. The number of hydrogen-bond acceptors (Lipinski definition) is 3. The van der Waals surface area contributed by atoms with Crippen molar-refractivity contribution in [3.63, 3.8) is 0 Å². The normalized spacial score (nSPS) is 33.0. The van der Waals surface area contributed by atoms with Gasteiger partial charge in [-0.3, -0.25) is 10.1 Å². The van der Waals surface area contributed by atoms with Gasteiger partial charge in [0.2, 0.25) is 5.91 Å². The molecule has 1 rings (SSSR count). The number of aliphatic imine (C=N–C) groups is 1. The third-order valence-electron chi connectivity index (χ3n) is 1.73. The van der Waals surface area contributed by atoms with Crippen LogP contribution in [0.25, 0.3) is 0 Å². The molecule has 56 valence electrons. The van der Waals surface area contributed by atoms with Gasteiger partial charge in [0.05, 0.1) is 12.0 Å². The van der Waals surface area contributed by atoms with E-state index >= 15 is 0 Å². The Labute approximate surface area is 59.5 Å². The summed E-state index contributed by atoms with van der Waals surface area (Å²) in [5.74, 6) is 0.128. The van der Waals surface area contributed by atoms with Crippen LogP contribution in [0.5, 0.6) is 0 Å². The van der Waals surface area contributed by atoms with Crippen LogP contribution in [-0.2, 0) is 4.79 Å². The van der Waals surface area contributed by atoms with Gasteiger partial charge in [-0.05, 0) is 6.92 Å². The quantitative estimate of drug-likeness (QED) is 0.475. The molecule has 0 aromatic carbocycles. The molecule has 0 aromatic rings. The summed E-state index contributed by atoms with van der Waals surface area (Å²) in [6.45, 7) is 3.70. The van der Waals surface area contributed by atoms with Crippen LogP contribution in [0.3, 0.4) is 0 Å². The van der Waals surface area contributed by atoms with Crippen LogP contribution in [-0.4, -0.2) is 17.9 Å². The Bertz CT molecular complexity index is 187. The molecule has 0 fully saturated rings. The number of nitrogens with zero attached hydrogens (tertiary/aromatic N) is 1. The van der Waals surface area contributed by atoms with E-state index in [1.807, 2.05) is 13.8 Å². The van der Waals surface area contributed by atoms with Crippen LogP contribution in [0, 0.1) is 5.92 Å². The summed E-state index contributed by atoms with van der Waals surface area (Å²) < 4.78 is 0. The second-order valence-corrected chi connectivity index (χ2v) is 2.53. The van der Waals surface area contributed by atoms with E-state index in [-0.39, 0.29) is 23.8 Å². The maximum Gasteiger partial charge on any atom is 0.231 e. The zero-order valence-corrected chi connectivity index (χ0v) is 6.09. The fourth-order valence-electron chi connectivity index (χ4n) is 0.823. The van der Waals surface area contributed by atoms with Crippen molar-refractivity contribution in [1.82, 2.24) is 5.32 Å². The van der Waals surface area contributed by atoms with Gasteiger partial charge in [-0.1, -0.05) is 6.92 Å². The highest BCUT2D eigenvalue weighted by Gasteiger charge is 2.24. The molecule has 1 amide bonds. The third-order valence-corrected chi connectivity index (χ3v) is 1.73. The molecule has 10 heavy (non-hydrogen) atoms. The lowest BCUT2D eigenvalue weighted by Gasteiger charge is -2.21. The summed E-state index contributed by atoms with van der Waals surface area (Å²) in [6.07, 6.45) is 0. The van der Waals surface area contributed by atoms with Crippen molar-refractivity contribution < 1.29 is 4.79 Å². The smallest absolute Gasteiger partial charge is 0.231 e. The zero-order valence-electron chi connectivity index (χ0n) is 6.09. The maximum absolute atomic E-state index is 10.9. The van der Waals surface area contributed by atoms with Crippen molar-refractivity contribution in [2.45, 2.75) is 19.9 Å². The van der Waals surface area contributed by atoms with Gasteiger partial charge in [0.1, 0.15) is 0 Å². The fourth-order valence-corrected chi connectivity index (χ4v) is 0.823. The van der Waals surface area contributed by atoms with E-state index in [4.69, 9.17) is 5.73 Å². The van der Waals surface area contributed by atoms with Gasteiger partial charge in [0, 0.05) is 0 Å². The molecule has 0 saturated carbocycles. The summed E-state index contributed by atoms with van der Waals surface area (Å²) in [5, 5.41) is 2.45. The third kappa shape index (κ3) is 1.10. The second-order valence-electron chi connectivity index (χ2n) is 2.53. The molecule has 0 aromatic heterocycles. The van der Waals surface area contributed by atoms with Crippen molar-refractivity contribution in [3.8, 4) is 0 Å². The zero-order chi connectivity index (χ0) is 7.72. The molecule has 4 heteroatoms. The molecular formula is C6H11N3O. The highest BCUT2D eigenvalue weighted by Crippen LogP contribution is 2.09. The molecule has 3 N–H and O–H groups in total. The Hall–Kier alpha value is -1.06. The molecular weight excluding hydrogens is 130 g/mol. The predicted octanol–water partition coefficient (Wildman–Crippen LogP) is -0.544. The van der Waals surface area contributed by atoms with E-state index in [0.29, 0.717) is 0 Å². The molecule has 0 spiro atoms. The lowest BCUT2D eigenvalue weighted by Crippen LogP contribution is -2.47. The van der Waals surface area contributed by atoms with Crippen LogP contribution >= 0.6 is 0 Å². The molecule has 1 heterocycles. The molecule has 1 aliphatic heterocycles. The summed E-state index contributed by atoms with van der Waals surface area (Å²) in [4.78, 5) is 14.9. The Kier molecular flexibility index (Phi) is 1.61. The van der Waals surface area contributed by atoms with Crippen molar-refractivity contribution in [2.24, 2.45) is 16.6 Å². The van der Waals surface area contributed by atoms with Crippen molar-refractivity contribution in [2.75, 3.05) is 0 Å². The Morgan fingerprint density at radius 2 is 2.20 bits per heavy atom. The molecule has 4 nitrogen and oxygen atoms in total. The number of carbonyl (C=O) groups excluding carboxylic acids is 1. The maximum atomic E-state index is 10.9. The van der Waals surface area contributed by atoms with Gasteiger partial charge < -0.3 is 5.73 Å². The minimum absolute atomic E-state index is 0.00810. The van der Waals surface area contributed by atoms with Crippen molar-refractivity contribution in [1.29, 1.82) is 0 Å². The first-order valence-electron chi connectivity index (χ1n) is 3.25. The Morgan fingerprint density at radius 3 is 2.70 bits per heavy atom. The predicted molar refractivity (Wildman–Crippen MR) is 38.4 cm³/mol. The van der Waals surface area contributed by atoms with Gasteiger partial charge in [0.15, 0.2) is 5.96 Å². The first kappa shape index (κ1) is 7.05. The average Bonchev–Trinajstić information content (AvgIpc) is 1.82. The number of nitrogens with two attached hydrogens (primary N) is 1. The molecule has 0 aliphatic carbocycles. The molecule has 0 bridgehead atoms. The van der Waals surface area contributed by atoms with E-state index in [0.717, 1.165) is 0 Å². The van der Waals surface area contributed by atoms with Gasteiger partial charge >= 0.3 is 0 Å². The summed E-state index contributed by atoms with van der Waals surface area (Å²) >= 11 is 0. The molecule has 2 atom stereocenters. The number of guanidine groups is 1. The highest BCUT2D eigenvalue weighted by molar-refractivity contribution is 5.99. The largest absolute Gasteiger partial charge is 0.370 e. The number of amides is 1. The molecule has 1 aliphatic rings. The van der Waals surface area contributed by atoms with E-state index in [2.05, 4.69) is 10.3 Å².